The Morgan fingerprint density at radius 3 is 2.90 bits per heavy atom. The number of likely N-dealkylation sites (tertiary alicyclic amines) is 1. The first-order chi connectivity index (χ1) is 9.52. The van der Waals surface area contributed by atoms with Crippen LogP contribution >= 0.6 is 11.8 Å². The molecule has 1 atom stereocenters. The normalized spacial score (nSPS) is 18.9. The van der Waals surface area contributed by atoms with Crippen LogP contribution in [0.4, 0.5) is 5.69 Å². The zero-order valence-electron chi connectivity index (χ0n) is 11.1. The van der Waals surface area contributed by atoms with Crippen LogP contribution < -0.4 is 0 Å². The van der Waals surface area contributed by atoms with Crippen LogP contribution in [0.3, 0.4) is 0 Å². The third-order valence-electron chi connectivity index (χ3n) is 3.31. The van der Waals surface area contributed by atoms with E-state index in [1.54, 1.807) is 12.1 Å². The van der Waals surface area contributed by atoms with Gasteiger partial charge >= 0.3 is 0 Å². The van der Waals surface area contributed by atoms with E-state index in [1.165, 1.54) is 22.7 Å². The number of amides is 1. The summed E-state index contributed by atoms with van der Waals surface area (Å²) in [5.41, 5.74) is -0.0937. The molecular weight excluding hydrogens is 280 g/mol. The van der Waals surface area contributed by atoms with Crippen molar-refractivity contribution in [3.8, 4) is 0 Å². The summed E-state index contributed by atoms with van der Waals surface area (Å²) < 4.78 is 0. The highest BCUT2D eigenvalue weighted by atomic mass is 32.2. The van der Waals surface area contributed by atoms with Gasteiger partial charge < -0.3 is 10.0 Å². The number of nitrogens with zero attached hydrogens (tertiary/aromatic N) is 2. The van der Waals surface area contributed by atoms with Crippen molar-refractivity contribution >= 4 is 23.4 Å². The maximum absolute atomic E-state index is 12.4. The van der Waals surface area contributed by atoms with Crippen molar-refractivity contribution in [3.63, 3.8) is 0 Å². The van der Waals surface area contributed by atoms with Crippen LogP contribution in [0.25, 0.3) is 0 Å². The lowest BCUT2D eigenvalue weighted by atomic mass is 10.1. The number of nitro benzene ring substituents is 1. The van der Waals surface area contributed by atoms with Crippen molar-refractivity contribution in [1.29, 1.82) is 0 Å². The number of piperidine rings is 1. The maximum Gasteiger partial charge on any atom is 0.282 e. The third kappa shape index (κ3) is 3.10. The average molecular weight is 296 g/mol. The Morgan fingerprint density at radius 1 is 1.55 bits per heavy atom. The fraction of sp³-hybridized carbons (Fsp3) is 0.462. The second-order valence-corrected chi connectivity index (χ2v) is 5.57. The number of β-amino-alcohol motifs (C(OH)–C–C–N with tert-alkyl or cyclic N) is 1. The van der Waals surface area contributed by atoms with Gasteiger partial charge in [0.1, 0.15) is 5.56 Å². The monoisotopic (exact) mass is 296 g/mol. The van der Waals surface area contributed by atoms with Crippen LogP contribution in [-0.2, 0) is 0 Å². The number of rotatable bonds is 3. The lowest BCUT2D eigenvalue weighted by Crippen LogP contribution is -2.42. The summed E-state index contributed by atoms with van der Waals surface area (Å²) in [6.45, 7) is 0.760. The number of carbonyl (C=O) groups is 1. The number of carbonyl (C=O) groups excluding carboxylic acids is 1. The first-order valence-electron chi connectivity index (χ1n) is 6.32. The number of thioether (sulfide) groups is 1. The summed E-state index contributed by atoms with van der Waals surface area (Å²) in [5, 5.41) is 20.7. The number of aliphatic hydroxyl groups excluding tert-OH is 1. The predicted molar refractivity (Wildman–Crippen MR) is 76.0 cm³/mol. The molecule has 1 amide bonds. The van der Waals surface area contributed by atoms with E-state index in [-0.39, 0.29) is 23.7 Å². The molecule has 0 aromatic heterocycles. The Morgan fingerprint density at radius 2 is 2.30 bits per heavy atom. The minimum absolute atomic E-state index is 0.0935. The quantitative estimate of drug-likeness (QED) is 0.523. The highest BCUT2D eigenvalue weighted by Gasteiger charge is 2.28. The zero-order valence-corrected chi connectivity index (χ0v) is 11.9. The van der Waals surface area contributed by atoms with Gasteiger partial charge in [-0.3, -0.25) is 14.9 Å². The molecule has 1 aromatic rings. The van der Waals surface area contributed by atoms with Crippen LogP contribution in [0.1, 0.15) is 23.2 Å². The molecule has 0 radical (unpaired) electrons. The molecule has 1 aliphatic heterocycles. The summed E-state index contributed by atoms with van der Waals surface area (Å²) in [7, 11) is 0. The van der Waals surface area contributed by atoms with Gasteiger partial charge in [-0.25, -0.2) is 0 Å². The standard InChI is InChI=1S/C13H16N2O4S/c1-20-10-4-5-12(15(18)19)11(7-10)13(17)14-6-2-3-9(16)8-14/h4-5,7,9,16H,2-3,6,8H2,1H3. The minimum Gasteiger partial charge on any atom is -0.391 e. The molecule has 2 rings (SSSR count). The zero-order chi connectivity index (χ0) is 14.7. The van der Waals surface area contributed by atoms with Crippen molar-refractivity contribution in [2.75, 3.05) is 19.3 Å². The second-order valence-electron chi connectivity index (χ2n) is 4.69. The molecule has 1 fully saturated rings. The van der Waals surface area contributed by atoms with Crippen LogP contribution in [0, 0.1) is 10.1 Å². The summed E-state index contributed by atoms with van der Waals surface area (Å²) in [4.78, 5) is 25.2. The fourth-order valence-corrected chi connectivity index (χ4v) is 2.72. The van der Waals surface area contributed by atoms with Crippen LogP contribution in [0.15, 0.2) is 23.1 Å². The molecule has 1 N–H and O–H groups in total. The molecule has 1 saturated heterocycles. The van der Waals surface area contributed by atoms with Gasteiger partial charge in [0.05, 0.1) is 11.0 Å². The molecule has 0 spiro atoms. The Balaban J connectivity index is 2.34. The molecule has 0 aliphatic carbocycles. The maximum atomic E-state index is 12.4. The minimum atomic E-state index is -0.546. The predicted octanol–water partition coefficient (Wildman–Crippen LogP) is 1.91. The highest BCUT2D eigenvalue weighted by Crippen LogP contribution is 2.26. The van der Waals surface area contributed by atoms with E-state index in [1.807, 2.05) is 6.26 Å². The van der Waals surface area contributed by atoms with Gasteiger partial charge in [0.2, 0.25) is 0 Å². The van der Waals surface area contributed by atoms with Gasteiger partial charge in [-0.2, -0.15) is 0 Å². The lowest BCUT2D eigenvalue weighted by molar-refractivity contribution is -0.385. The van der Waals surface area contributed by atoms with Gasteiger partial charge in [0, 0.05) is 24.1 Å². The van der Waals surface area contributed by atoms with E-state index >= 15 is 0 Å². The summed E-state index contributed by atoms with van der Waals surface area (Å²) in [6.07, 6.45) is 2.68. The Bertz CT molecular complexity index is 535. The number of aliphatic hydroxyl groups is 1. The number of nitro groups is 1. The topological polar surface area (TPSA) is 83.7 Å². The molecule has 7 heteroatoms. The van der Waals surface area contributed by atoms with Gasteiger partial charge in [-0.15, -0.1) is 11.8 Å². The SMILES string of the molecule is CSc1ccc([N+](=O)[O-])c(C(=O)N2CCCC(O)C2)c1. The smallest absolute Gasteiger partial charge is 0.282 e. The van der Waals surface area contributed by atoms with Crippen molar-refractivity contribution in [2.45, 2.75) is 23.8 Å². The summed E-state index contributed by atoms with van der Waals surface area (Å²) in [5.74, 6) is -0.383. The first kappa shape index (κ1) is 14.8. The fourth-order valence-electron chi connectivity index (χ4n) is 2.28. The molecule has 0 saturated carbocycles. The summed E-state index contributed by atoms with van der Waals surface area (Å²) >= 11 is 1.43. The van der Waals surface area contributed by atoms with Gasteiger partial charge in [-0.1, -0.05) is 0 Å². The molecule has 20 heavy (non-hydrogen) atoms. The van der Waals surface area contributed by atoms with E-state index in [0.717, 1.165) is 4.90 Å². The van der Waals surface area contributed by atoms with E-state index < -0.39 is 11.0 Å². The van der Waals surface area contributed by atoms with Crippen molar-refractivity contribution in [2.24, 2.45) is 0 Å². The highest BCUT2D eigenvalue weighted by molar-refractivity contribution is 7.98. The van der Waals surface area contributed by atoms with Gasteiger partial charge in [0.15, 0.2) is 0 Å². The molecule has 0 bridgehead atoms. The Hall–Kier alpha value is -1.60. The van der Waals surface area contributed by atoms with E-state index in [9.17, 15) is 20.0 Å². The number of benzene rings is 1. The lowest BCUT2D eigenvalue weighted by Gasteiger charge is -2.30. The van der Waals surface area contributed by atoms with Gasteiger partial charge in [-0.05, 0) is 31.2 Å². The van der Waals surface area contributed by atoms with Crippen LogP contribution in [0.5, 0.6) is 0 Å². The largest absolute Gasteiger partial charge is 0.391 e. The summed E-state index contributed by atoms with van der Waals surface area (Å²) in [6, 6.07) is 4.54. The number of hydrogen-bond donors (Lipinski definition) is 1. The second kappa shape index (κ2) is 6.23. The molecule has 108 valence electrons. The third-order valence-corrected chi connectivity index (χ3v) is 4.04. The van der Waals surface area contributed by atoms with E-state index in [0.29, 0.717) is 19.4 Å². The number of hydrogen-bond acceptors (Lipinski definition) is 5. The van der Waals surface area contributed by atoms with E-state index in [2.05, 4.69) is 0 Å². The van der Waals surface area contributed by atoms with Crippen LogP contribution in [-0.4, -0.2) is 46.3 Å². The van der Waals surface area contributed by atoms with E-state index in [4.69, 9.17) is 0 Å². The molecule has 1 unspecified atom stereocenters. The molecular formula is C13H16N2O4S. The Kier molecular flexibility index (Phi) is 4.61. The van der Waals surface area contributed by atoms with Crippen molar-refractivity contribution in [3.05, 3.63) is 33.9 Å². The molecule has 1 aromatic carbocycles. The van der Waals surface area contributed by atoms with Crippen molar-refractivity contribution < 1.29 is 14.8 Å². The average Bonchev–Trinajstić information content (AvgIpc) is 2.45. The molecule has 6 nitrogen and oxygen atoms in total. The molecule has 1 aliphatic rings. The Labute approximate surface area is 120 Å². The molecule has 1 heterocycles. The van der Waals surface area contributed by atoms with Gasteiger partial charge in [0.25, 0.3) is 11.6 Å². The van der Waals surface area contributed by atoms with Crippen LogP contribution in [0.2, 0.25) is 0 Å². The first-order valence-corrected chi connectivity index (χ1v) is 7.55. The van der Waals surface area contributed by atoms with Crippen molar-refractivity contribution in [1.82, 2.24) is 4.90 Å².